The maximum atomic E-state index is 10.7. The monoisotopic (exact) mass is 312 g/mol. The maximum absolute atomic E-state index is 10.7. The fourth-order valence-electron chi connectivity index (χ4n) is 7.29. The smallest absolute Gasteiger partial charge is 0.119 e. The second-order valence-corrected chi connectivity index (χ2v) is 9.93. The average molecular weight is 312 g/mol. The fourth-order valence-corrected chi connectivity index (χ4v) is 7.29. The fraction of sp³-hybridized carbons (Fsp3) is 0.727. The van der Waals surface area contributed by atoms with Crippen LogP contribution in [0.1, 0.15) is 76.5 Å². The zero-order valence-corrected chi connectivity index (χ0v) is 15.5. The van der Waals surface area contributed by atoms with E-state index in [4.69, 9.17) is 0 Å². The topological polar surface area (TPSA) is 20.2 Å². The molecule has 0 saturated heterocycles. The van der Waals surface area contributed by atoms with Gasteiger partial charge in [0.15, 0.2) is 0 Å². The minimum atomic E-state index is 0.172. The molecule has 0 spiro atoms. The van der Waals surface area contributed by atoms with Gasteiger partial charge in [-0.1, -0.05) is 40.2 Å². The normalized spacial score (nSPS) is 41.1. The number of aromatic hydroxyl groups is 1. The molecule has 3 aliphatic rings. The molecule has 4 atom stereocenters. The number of benzene rings is 1. The van der Waals surface area contributed by atoms with Crippen LogP contribution < -0.4 is 0 Å². The van der Waals surface area contributed by atoms with Crippen molar-refractivity contribution in [1.29, 1.82) is 0 Å². The molecule has 0 amide bonds. The molecule has 2 saturated carbocycles. The summed E-state index contributed by atoms with van der Waals surface area (Å²) in [4.78, 5) is 0. The zero-order valence-electron chi connectivity index (χ0n) is 15.5. The molecule has 1 nitrogen and oxygen atoms in total. The summed E-state index contributed by atoms with van der Waals surface area (Å²) in [7, 11) is 0. The van der Waals surface area contributed by atoms with Crippen LogP contribution in [0.2, 0.25) is 0 Å². The molecule has 1 aromatic carbocycles. The van der Waals surface area contributed by atoms with Crippen LogP contribution in [-0.4, -0.2) is 5.11 Å². The molecule has 0 heterocycles. The number of hydrogen-bond acceptors (Lipinski definition) is 1. The van der Waals surface area contributed by atoms with E-state index in [0.29, 0.717) is 22.5 Å². The number of aryl methyl sites for hydroxylation is 1. The van der Waals surface area contributed by atoms with Crippen LogP contribution >= 0.6 is 0 Å². The first-order valence-electron chi connectivity index (χ1n) is 9.51. The lowest BCUT2D eigenvalue weighted by molar-refractivity contribution is -0.0984. The van der Waals surface area contributed by atoms with Crippen molar-refractivity contribution in [3.05, 3.63) is 28.8 Å². The van der Waals surface area contributed by atoms with Gasteiger partial charge in [0.25, 0.3) is 0 Å². The van der Waals surface area contributed by atoms with Crippen LogP contribution in [0.3, 0.4) is 0 Å². The van der Waals surface area contributed by atoms with Crippen LogP contribution in [0.4, 0.5) is 0 Å². The van der Waals surface area contributed by atoms with E-state index >= 15 is 0 Å². The lowest BCUT2D eigenvalue weighted by atomic mass is 9.43. The van der Waals surface area contributed by atoms with Crippen molar-refractivity contribution in [2.75, 3.05) is 0 Å². The predicted molar refractivity (Wildman–Crippen MR) is 95.9 cm³/mol. The Labute approximate surface area is 141 Å². The van der Waals surface area contributed by atoms with E-state index in [1.807, 2.05) is 6.07 Å². The molecule has 1 heteroatoms. The Hall–Kier alpha value is -0.980. The van der Waals surface area contributed by atoms with E-state index in [1.165, 1.54) is 55.2 Å². The number of fused-ring (bicyclic) bond motifs is 5. The third-order valence-electron chi connectivity index (χ3n) is 8.13. The van der Waals surface area contributed by atoms with Crippen molar-refractivity contribution < 1.29 is 5.11 Å². The Morgan fingerprint density at radius 2 is 1.74 bits per heavy atom. The Bertz CT molecular complexity index is 658. The van der Waals surface area contributed by atoms with Gasteiger partial charge in [-0.15, -0.1) is 0 Å². The van der Waals surface area contributed by atoms with E-state index in [9.17, 15) is 5.11 Å². The molecule has 1 N–H and O–H groups in total. The Kier molecular flexibility index (Phi) is 3.08. The van der Waals surface area contributed by atoms with Gasteiger partial charge in [0, 0.05) is 11.0 Å². The largest absolute Gasteiger partial charge is 0.508 e. The van der Waals surface area contributed by atoms with Gasteiger partial charge in [0.05, 0.1) is 0 Å². The maximum Gasteiger partial charge on any atom is 0.119 e. The number of phenolic OH excluding ortho intramolecular Hbond substituents is 1. The van der Waals surface area contributed by atoms with Crippen LogP contribution in [-0.2, 0) is 11.8 Å². The first-order valence-corrected chi connectivity index (χ1v) is 9.51. The van der Waals surface area contributed by atoms with Crippen LogP contribution in [0, 0.1) is 29.6 Å². The minimum absolute atomic E-state index is 0.172. The minimum Gasteiger partial charge on any atom is -0.508 e. The van der Waals surface area contributed by atoms with Crippen LogP contribution in [0.25, 0.3) is 0 Å². The summed E-state index contributed by atoms with van der Waals surface area (Å²) >= 11 is 0. The van der Waals surface area contributed by atoms with Gasteiger partial charge in [-0.25, -0.2) is 0 Å². The molecule has 4 rings (SSSR count). The molecular formula is C22H32O. The predicted octanol–water partition coefficient (Wildman–Crippen LogP) is 5.76. The van der Waals surface area contributed by atoms with Gasteiger partial charge >= 0.3 is 0 Å². The molecule has 0 aromatic heterocycles. The molecule has 0 bridgehead atoms. The first kappa shape index (κ1) is 15.5. The summed E-state index contributed by atoms with van der Waals surface area (Å²) in [6.45, 7) is 12.1. The summed E-state index contributed by atoms with van der Waals surface area (Å²) in [5.41, 5.74) is 4.99. The van der Waals surface area contributed by atoms with E-state index in [0.717, 1.165) is 5.92 Å². The standard InChI is InChI=1S/C22H32O/c1-14-11-15-13-18-21(4)9-6-8-20(2,3)17(21)7-10-22(18,5)19(15)16(23)12-14/h11-12,17-18,23H,6-10,13H2,1-5H3. The summed E-state index contributed by atoms with van der Waals surface area (Å²) in [6, 6.07) is 4.32. The zero-order chi connectivity index (χ0) is 16.6. The molecule has 23 heavy (non-hydrogen) atoms. The molecule has 4 unspecified atom stereocenters. The average Bonchev–Trinajstić information content (AvgIpc) is 2.71. The van der Waals surface area contributed by atoms with Crippen molar-refractivity contribution in [2.45, 2.75) is 78.6 Å². The van der Waals surface area contributed by atoms with E-state index in [2.05, 4.69) is 40.7 Å². The van der Waals surface area contributed by atoms with Gasteiger partial charge in [-0.05, 0) is 78.9 Å². The third-order valence-corrected chi connectivity index (χ3v) is 8.13. The highest BCUT2D eigenvalue weighted by Crippen LogP contribution is 2.68. The third kappa shape index (κ3) is 1.91. The molecule has 3 aliphatic carbocycles. The summed E-state index contributed by atoms with van der Waals surface area (Å²) in [5.74, 6) is 2.08. The lowest BCUT2D eigenvalue weighted by Crippen LogP contribution is -2.55. The summed E-state index contributed by atoms with van der Waals surface area (Å²) in [5, 5.41) is 10.7. The molecular weight excluding hydrogens is 280 g/mol. The molecule has 126 valence electrons. The SMILES string of the molecule is Cc1cc(O)c2c(c1)CC1C2(C)CCC2C(C)(C)CCCC21C. The van der Waals surface area contributed by atoms with Gasteiger partial charge in [-0.2, -0.15) is 0 Å². The van der Waals surface area contributed by atoms with E-state index in [-0.39, 0.29) is 5.41 Å². The number of rotatable bonds is 0. The van der Waals surface area contributed by atoms with Gasteiger partial charge in [-0.3, -0.25) is 0 Å². The number of phenols is 1. The molecule has 1 aromatic rings. The van der Waals surface area contributed by atoms with Crippen molar-refractivity contribution in [2.24, 2.45) is 22.7 Å². The first-order chi connectivity index (χ1) is 10.7. The highest BCUT2D eigenvalue weighted by atomic mass is 16.3. The highest BCUT2D eigenvalue weighted by molar-refractivity contribution is 5.52. The molecule has 0 radical (unpaired) electrons. The second kappa shape index (κ2) is 4.55. The summed E-state index contributed by atoms with van der Waals surface area (Å²) < 4.78 is 0. The molecule has 2 fully saturated rings. The second-order valence-electron chi connectivity index (χ2n) is 9.93. The van der Waals surface area contributed by atoms with E-state index in [1.54, 1.807) is 0 Å². The molecule has 0 aliphatic heterocycles. The lowest BCUT2D eigenvalue weighted by Gasteiger charge is -2.61. The van der Waals surface area contributed by atoms with Crippen molar-refractivity contribution in [3.63, 3.8) is 0 Å². The van der Waals surface area contributed by atoms with Crippen LogP contribution in [0.15, 0.2) is 12.1 Å². The number of hydrogen-bond donors (Lipinski definition) is 1. The summed E-state index contributed by atoms with van der Waals surface area (Å²) in [6.07, 6.45) is 7.86. The highest BCUT2D eigenvalue weighted by Gasteiger charge is 2.61. The Morgan fingerprint density at radius 1 is 1.00 bits per heavy atom. The van der Waals surface area contributed by atoms with E-state index < -0.39 is 0 Å². The van der Waals surface area contributed by atoms with Crippen molar-refractivity contribution in [1.82, 2.24) is 0 Å². The van der Waals surface area contributed by atoms with Gasteiger partial charge < -0.3 is 5.11 Å². The quantitative estimate of drug-likeness (QED) is 0.646. The van der Waals surface area contributed by atoms with Gasteiger partial charge in [0.2, 0.25) is 0 Å². The van der Waals surface area contributed by atoms with Gasteiger partial charge in [0.1, 0.15) is 5.75 Å². The Balaban J connectivity index is 1.84. The van der Waals surface area contributed by atoms with Crippen molar-refractivity contribution in [3.8, 4) is 5.75 Å². The van der Waals surface area contributed by atoms with Crippen molar-refractivity contribution >= 4 is 0 Å². The Morgan fingerprint density at radius 3 is 2.48 bits per heavy atom. The van der Waals surface area contributed by atoms with Crippen LogP contribution in [0.5, 0.6) is 5.75 Å².